The second-order valence-electron chi connectivity index (χ2n) is 10.0. The summed E-state index contributed by atoms with van der Waals surface area (Å²) in [7, 11) is 1.38. The lowest BCUT2D eigenvalue weighted by Crippen LogP contribution is -2.33. The summed E-state index contributed by atoms with van der Waals surface area (Å²) < 4.78 is 32.7. The number of nitriles is 1. The topological polar surface area (TPSA) is 103 Å². The van der Waals surface area contributed by atoms with E-state index in [2.05, 4.69) is 20.5 Å². The smallest absolute Gasteiger partial charge is 0.337 e. The fourth-order valence-electron chi connectivity index (χ4n) is 5.00. The summed E-state index contributed by atoms with van der Waals surface area (Å²) in [4.78, 5) is 24.8. The standard InChI is InChI=1S/C30H28FN5O4S/c1-38-29(37)21-4-5-25-26(13-21)36(16-23-8-11-39-23)28(34-25)17-35-9-6-20(7-10-35)27-15-33-30(41-27)40-18-22-3-2-19(14-32)12-24(22)31/h2-6,12-13,15,23H,7-11,16-18H2,1H3/t23-/m0/s1. The molecule has 1 atom stereocenters. The first-order valence-electron chi connectivity index (χ1n) is 13.4. The van der Waals surface area contributed by atoms with Gasteiger partial charge in [0.05, 0.1) is 59.4 Å². The van der Waals surface area contributed by atoms with Gasteiger partial charge in [-0.05, 0) is 48.7 Å². The second-order valence-corrected chi connectivity index (χ2v) is 11.0. The maximum absolute atomic E-state index is 14.2. The minimum absolute atomic E-state index is 0.0470. The Bertz CT molecular complexity index is 1670. The highest BCUT2D eigenvalue weighted by Gasteiger charge is 2.24. The average Bonchev–Trinajstić information content (AvgIpc) is 3.58. The first-order valence-corrected chi connectivity index (χ1v) is 14.2. The summed E-state index contributed by atoms with van der Waals surface area (Å²) in [5.41, 5.74) is 4.12. The normalized spacial score (nSPS) is 17.1. The Morgan fingerprint density at radius 2 is 2.17 bits per heavy atom. The summed E-state index contributed by atoms with van der Waals surface area (Å²) in [6.45, 7) is 3.80. The van der Waals surface area contributed by atoms with E-state index in [-0.39, 0.29) is 24.2 Å². The number of rotatable bonds is 9. The van der Waals surface area contributed by atoms with Crippen LogP contribution in [0.2, 0.25) is 0 Å². The molecular formula is C30H28FN5O4S. The van der Waals surface area contributed by atoms with Crippen molar-refractivity contribution in [3.8, 4) is 11.3 Å². The van der Waals surface area contributed by atoms with Crippen molar-refractivity contribution in [2.24, 2.45) is 0 Å². The lowest BCUT2D eigenvalue weighted by Gasteiger charge is -2.29. The summed E-state index contributed by atoms with van der Waals surface area (Å²) in [5, 5.41) is 9.39. The summed E-state index contributed by atoms with van der Waals surface area (Å²) in [6, 6.07) is 11.7. The minimum Gasteiger partial charge on any atom is -0.465 e. The number of benzene rings is 2. The average molecular weight is 574 g/mol. The number of fused-ring (bicyclic) bond motifs is 1. The molecule has 0 bridgehead atoms. The van der Waals surface area contributed by atoms with E-state index in [4.69, 9.17) is 24.5 Å². The predicted octanol–water partition coefficient (Wildman–Crippen LogP) is 4.95. The number of methoxy groups -OCH3 is 1. The molecule has 0 aliphatic carbocycles. The number of nitrogens with zero attached hydrogens (tertiary/aromatic N) is 5. The molecule has 6 rings (SSSR count). The molecule has 41 heavy (non-hydrogen) atoms. The molecule has 4 heterocycles. The van der Waals surface area contributed by atoms with Gasteiger partial charge in [-0.2, -0.15) is 5.26 Å². The van der Waals surface area contributed by atoms with Crippen LogP contribution in [0.3, 0.4) is 0 Å². The second kappa shape index (κ2) is 11.8. The zero-order valence-corrected chi connectivity index (χ0v) is 23.3. The first kappa shape index (κ1) is 27.1. The van der Waals surface area contributed by atoms with Gasteiger partial charge in [-0.15, -0.1) is 0 Å². The molecule has 210 valence electrons. The third-order valence-electron chi connectivity index (χ3n) is 7.42. The third kappa shape index (κ3) is 5.86. The number of aromatic nitrogens is 3. The molecule has 0 amide bonds. The Labute approximate surface area is 240 Å². The van der Waals surface area contributed by atoms with Gasteiger partial charge in [-0.1, -0.05) is 23.5 Å². The van der Waals surface area contributed by atoms with Gasteiger partial charge in [0.1, 0.15) is 18.2 Å². The molecule has 11 heteroatoms. The van der Waals surface area contributed by atoms with Gasteiger partial charge in [0.15, 0.2) is 0 Å². The molecule has 0 saturated carbocycles. The summed E-state index contributed by atoms with van der Waals surface area (Å²) >= 11 is 1.44. The summed E-state index contributed by atoms with van der Waals surface area (Å²) in [6.07, 6.45) is 6.02. The van der Waals surface area contributed by atoms with Gasteiger partial charge in [0.25, 0.3) is 5.19 Å². The Hall–Kier alpha value is -4.11. The fraction of sp³-hybridized carbons (Fsp3) is 0.333. The van der Waals surface area contributed by atoms with Gasteiger partial charge in [-0.3, -0.25) is 4.90 Å². The van der Waals surface area contributed by atoms with E-state index in [9.17, 15) is 9.18 Å². The number of thiazole rings is 1. The third-order valence-corrected chi connectivity index (χ3v) is 8.41. The van der Waals surface area contributed by atoms with Crippen molar-refractivity contribution in [1.82, 2.24) is 19.4 Å². The SMILES string of the molecule is COC(=O)c1ccc2nc(CN3CC=C(c4cnc(OCc5ccc(C#N)cc5F)s4)CC3)n(C[C@@H]3CCO3)c2c1. The van der Waals surface area contributed by atoms with Crippen LogP contribution in [0.1, 0.15) is 45.0 Å². The minimum atomic E-state index is -0.464. The molecule has 1 fully saturated rings. The molecular weight excluding hydrogens is 545 g/mol. The number of halogens is 1. The molecule has 2 aromatic heterocycles. The quantitative estimate of drug-likeness (QED) is 0.259. The molecule has 0 spiro atoms. The zero-order chi connectivity index (χ0) is 28.3. The highest BCUT2D eigenvalue weighted by atomic mass is 32.1. The molecule has 9 nitrogen and oxygen atoms in total. The molecule has 2 aromatic carbocycles. The maximum Gasteiger partial charge on any atom is 0.337 e. The fourth-order valence-corrected chi connectivity index (χ4v) is 5.83. The van der Waals surface area contributed by atoms with Gasteiger partial charge < -0.3 is 18.8 Å². The molecule has 0 unspecified atom stereocenters. The predicted molar refractivity (Wildman–Crippen MR) is 151 cm³/mol. The number of esters is 1. The lowest BCUT2D eigenvalue weighted by molar-refractivity contribution is -0.0591. The molecule has 4 aromatic rings. The monoisotopic (exact) mass is 573 g/mol. The van der Waals surface area contributed by atoms with E-state index in [1.165, 1.54) is 30.1 Å². The van der Waals surface area contributed by atoms with Crippen molar-refractivity contribution in [2.45, 2.75) is 38.6 Å². The number of ether oxygens (including phenoxy) is 3. The number of carbonyl (C=O) groups is 1. The Balaban J connectivity index is 1.12. The Morgan fingerprint density at radius 3 is 2.88 bits per heavy atom. The summed E-state index contributed by atoms with van der Waals surface area (Å²) in [5.74, 6) is 0.110. The van der Waals surface area contributed by atoms with Crippen molar-refractivity contribution < 1.29 is 23.4 Å². The van der Waals surface area contributed by atoms with E-state index in [1.807, 2.05) is 18.2 Å². The zero-order valence-electron chi connectivity index (χ0n) is 22.5. The first-order chi connectivity index (χ1) is 20.0. The van der Waals surface area contributed by atoms with Crippen LogP contribution in [0.15, 0.2) is 48.7 Å². The van der Waals surface area contributed by atoms with Gasteiger partial charge in [-0.25, -0.2) is 19.2 Å². The van der Waals surface area contributed by atoms with Crippen molar-refractivity contribution >= 4 is 33.9 Å². The van der Waals surface area contributed by atoms with Crippen LogP contribution < -0.4 is 4.74 Å². The van der Waals surface area contributed by atoms with E-state index in [0.29, 0.717) is 29.4 Å². The van der Waals surface area contributed by atoms with Gasteiger partial charge in [0.2, 0.25) is 0 Å². The maximum atomic E-state index is 14.2. The van der Waals surface area contributed by atoms with E-state index in [1.54, 1.807) is 24.4 Å². The van der Waals surface area contributed by atoms with Crippen molar-refractivity contribution in [3.05, 3.63) is 81.9 Å². The molecule has 2 aliphatic rings. The van der Waals surface area contributed by atoms with Crippen molar-refractivity contribution in [3.63, 3.8) is 0 Å². The van der Waals surface area contributed by atoms with Crippen LogP contribution in [0.4, 0.5) is 4.39 Å². The largest absolute Gasteiger partial charge is 0.465 e. The van der Waals surface area contributed by atoms with Gasteiger partial charge in [0, 0.05) is 31.5 Å². The number of imidazole rings is 1. The van der Waals surface area contributed by atoms with Crippen LogP contribution in [-0.4, -0.2) is 58.3 Å². The van der Waals surface area contributed by atoms with Crippen LogP contribution >= 0.6 is 11.3 Å². The van der Waals surface area contributed by atoms with E-state index >= 15 is 0 Å². The van der Waals surface area contributed by atoms with Gasteiger partial charge >= 0.3 is 5.97 Å². The van der Waals surface area contributed by atoms with Crippen molar-refractivity contribution in [2.75, 3.05) is 26.8 Å². The van der Waals surface area contributed by atoms with E-state index < -0.39 is 5.82 Å². The highest BCUT2D eigenvalue weighted by molar-refractivity contribution is 7.14. The number of hydrogen-bond acceptors (Lipinski definition) is 9. The molecule has 0 N–H and O–H groups in total. The van der Waals surface area contributed by atoms with Crippen LogP contribution in [0, 0.1) is 17.1 Å². The van der Waals surface area contributed by atoms with Crippen molar-refractivity contribution in [1.29, 1.82) is 5.26 Å². The lowest BCUT2D eigenvalue weighted by atomic mass is 10.1. The Kier molecular flexibility index (Phi) is 7.78. The molecule has 2 aliphatic heterocycles. The van der Waals surface area contributed by atoms with E-state index in [0.717, 1.165) is 54.3 Å². The van der Waals surface area contributed by atoms with Crippen LogP contribution in [0.25, 0.3) is 16.6 Å². The number of carbonyl (C=O) groups excluding carboxylic acids is 1. The number of hydrogen-bond donors (Lipinski definition) is 0. The van der Waals surface area contributed by atoms with Crippen LogP contribution in [-0.2, 0) is 29.2 Å². The molecule has 1 saturated heterocycles. The highest BCUT2D eigenvalue weighted by Crippen LogP contribution is 2.32. The van der Waals surface area contributed by atoms with Crippen LogP contribution in [0.5, 0.6) is 5.19 Å². The molecule has 0 radical (unpaired) electrons. The Morgan fingerprint density at radius 1 is 1.29 bits per heavy atom.